The van der Waals surface area contributed by atoms with Gasteiger partial charge in [0.2, 0.25) is 0 Å². The number of aromatic nitrogens is 2. The Balaban J connectivity index is 2.22. The monoisotopic (exact) mass is 344 g/mol. The average molecular weight is 345 g/mol. The molecule has 1 aromatic carbocycles. The lowest BCUT2D eigenvalue weighted by atomic mass is 10.1. The maximum Gasteiger partial charge on any atom is 0.344 e. The highest BCUT2D eigenvalue weighted by Crippen LogP contribution is 2.25. The number of halogens is 3. The van der Waals surface area contributed by atoms with Crippen LogP contribution >= 0.6 is 23.2 Å². The number of esters is 1. The molecule has 1 heterocycles. The molecule has 5 nitrogen and oxygen atoms in total. The zero-order valence-corrected chi connectivity index (χ0v) is 13.0. The predicted molar refractivity (Wildman–Crippen MR) is 79.6 cm³/mol. The van der Waals surface area contributed by atoms with E-state index >= 15 is 0 Å². The second-order valence-corrected chi connectivity index (χ2v) is 4.88. The van der Waals surface area contributed by atoms with Gasteiger partial charge in [0.25, 0.3) is 0 Å². The van der Waals surface area contributed by atoms with E-state index in [2.05, 4.69) is 9.97 Å². The van der Waals surface area contributed by atoms with Crippen LogP contribution in [0.2, 0.25) is 10.2 Å². The molecule has 22 heavy (non-hydrogen) atoms. The van der Waals surface area contributed by atoms with Gasteiger partial charge in [0.1, 0.15) is 11.0 Å². The standard InChI is InChI=1S/C14H11Cl2FN2O3/c1-2-21-13(20)7-22-14-18-11(6-12(16)19-14)8-3-4-9(15)10(17)5-8/h3-6H,2,7H2,1H3. The Hall–Kier alpha value is -1.92. The van der Waals surface area contributed by atoms with Gasteiger partial charge in [-0.1, -0.05) is 29.3 Å². The van der Waals surface area contributed by atoms with Crippen LogP contribution in [0.15, 0.2) is 24.3 Å². The first-order chi connectivity index (χ1) is 10.5. The van der Waals surface area contributed by atoms with Crippen molar-refractivity contribution in [3.05, 3.63) is 40.3 Å². The van der Waals surface area contributed by atoms with Crippen LogP contribution in [0, 0.1) is 5.82 Å². The van der Waals surface area contributed by atoms with Gasteiger partial charge in [0.05, 0.1) is 17.3 Å². The molecule has 0 aliphatic heterocycles. The molecule has 0 aliphatic carbocycles. The molecule has 1 aromatic heterocycles. The molecule has 0 saturated heterocycles. The summed E-state index contributed by atoms with van der Waals surface area (Å²) in [5, 5.41) is 0.0990. The van der Waals surface area contributed by atoms with Crippen molar-refractivity contribution in [2.45, 2.75) is 6.92 Å². The van der Waals surface area contributed by atoms with Crippen LogP contribution in [0.4, 0.5) is 4.39 Å². The van der Waals surface area contributed by atoms with Gasteiger partial charge in [-0.25, -0.2) is 9.18 Å². The Labute approximate surface area is 136 Å². The van der Waals surface area contributed by atoms with E-state index in [0.29, 0.717) is 11.3 Å². The van der Waals surface area contributed by atoms with Gasteiger partial charge < -0.3 is 9.47 Å². The molecule has 8 heteroatoms. The van der Waals surface area contributed by atoms with E-state index < -0.39 is 11.8 Å². The van der Waals surface area contributed by atoms with E-state index in [9.17, 15) is 9.18 Å². The summed E-state index contributed by atoms with van der Waals surface area (Å²) in [5.41, 5.74) is 0.793. The van der Waals surface area contributed by atoms with Crippen molar-refractivity contribution in [2.24, 2.45) is 0 Å². The second kappa shape index (κ2) is 7.38. The summed E-state index contributed by atoms with van der Waals surface area (Å²) in [6, 6.07) is 5.55. The summed E-state index contributed by atoms with van der Waals surface area (Å²) < 4.78 is 23.3. The van der Waals surface area contributed by atoms with Crippen LogP contribution in [0.5, 0.6) is 6.01 Å². The molecule has 0 saturated carbocycles. The Bertz CT molecular complexity index is 698. The minimum Gasteiger partial charge on any atom is -0.463 e. The van der Waals surface area contributed by atoms with Crippen molar-refractivity contribution in [3.8, 4) is 17.3 Å². The maximum absolute atomic E-state index is 13.5. The quantitative estimate of drug-likeness (QED) is 0.613. The molecular formula is C14H11Cl2FN2O3. The van der Waals surface area contributed by atoms with Crippen molar-refractivity contribution >= 4 is 29.2 Å². The van der Waals surface area contributed by atoms with E-state index in [1.165, 1.54) is 18.2 Å². The topological polar surface area (TPSA) is 61.3 Å². The SMILES string of the molecule is CCOC(=O)COc1nc(Cl)cc(-c2ccc(Cl)c(F)c2)n1. The number of ether oxygens (including phenoxy) is 2. The molecule has 0 unspecified atom stereocenters. The first-order valence-corrected chi connectivity index (χ1v) is 7.03. The van der Waals surface area contributed by atoms with Crippen molar-refractivity contribution in [1.82, 2.24) is 9.97 Å². The Morgan fingerprint density at radius 3 is 2.73 bits per heavy atom. The number of nitrogens with zero attached hydrogens (tertiary/aromatic N) is 2. The normalized spacial score (nSPS) is 10.4. The van der Waals surface area contributed by atoms with Gasteiger partial charge in [-0.3, -0.25) is 0 Å². The number of hydrogen-bond donors (Lipinski definition) is 0. The van der Waals surface area contributed by atoms with Gasteiger partial charge in [-0.05, 0) is 19.1 Å². The van der Waals surface area contributed by atoms with Crippen LogP contribution in [-0.2, 0) is 9.53 Å². The molecule has 0 N–H and O–H groups in total. The van der Waals surface area contributed by atoms with E-state index in [0.717, 1.165) is 0 Å². The first kappa shape index (κ1) is 16.5. The molecule has 0 bridgehead atoms. The Morgan fingerprint density at radius 1 is 1.27 bits per heavy atom. The number of benzene rings is 1. The Kier molecular flexibility index (Phi) is 5.51. The van der Waals surface area contributed by atoms with E-state index in [4.69, 9.17) is 32.7 Å². The van der Waals surface area contributed by atoms with Crippen LogP contribution < -0.4 is 4.74 Å². The molecule has 2 rings (SSSR count). The highest BCUT2D eigenvalue weighted by Gasteiger charge is 2.11. The second-order valence-electron chi connectivity index (χ2n) is 4.08. The fraction of sp³-hybridized carbons (Fsp3) is 0.214. The molecule has 0 aliphatic rings. The predicted octanol–water partition coefficient (Wildman–Crippen LogP) is 3.53. The molecule has 2 aromatic rings. The fourth-order valence-electron chi connectivity index (χ4n) is 1.59. The van der Waals surface area contributed by atoms with Gasteiger partial charge >= 0.3 is 12.0 Å². The van der Waals surface area contributed by atoms with Crippen LogP contribution in [0.1, 0.15) is 6.92 Å². The molecule has 0 atom stereocenters. The molecule has 0 spiro atoms. The van der Waals surface area contributed by atoms with Gasteiger partial charge in [0.15, 0.2) is 6.61 Å². The lowest BCUT2D eigenvalue weighted by Crippen LogP contribution is -2.15. The van der Waals surface area contributed by atoms with Crippen molar-refractivity contribution in [3.63, 3.8) is 0 Å². The molecule has 0 amide bonds. The minimum absolute atomic E-state index is 0.00249. The summed E-state index contributed by atoms with van der Waals surface area (Å²) in [4.78, 5) is 19.1. The van der Waals surface area contributed by atoms with Gasteiger partial charge in [-0.2, -0.15) is 9.97 Å². The number of carbonyl (C=O) groups is 1. The fourth-order valence-corrected chi connectivity index (χ4v) is 1.88. The van der Waals surface area contributed by atoms with Crippen molar-refractivity contribution in [1.29, 1.82) is 0 Å². The van der Waals surface area contributed by atoms with E-state index in [1.54, 1.807) is 13.0 Å². The minimum atomic E-state index is -0.581. The summed E-state index contributed by atoms with van der Waals surface area (Å²) in [6.45, 7) is 1.58. The summed E-state index contributed by atoms with van der Waals surface area (Å²) >= 11 is 11.5. The van der Waals surface area contributed by atoms with Gasteiger partial charge in [0, 0.05) is 11.6 Å². The molecular weight excluding hydrogens is 334 g/mol. The largest absolute Gasteiger partial charge is 0.463 e. The van der Waals surface area contributed by atoms with E-state index in [1.807, 2.05) is 0 Å². The maximum atomic E-state index is 13.5. The van der Waals surface area contributed by atoms with Gasteiger partial charge in [-0.15, -0.1) is 0 Å². The smallest absolute Gasteiger partial charge is 0.344 e. The van der Waals surface area contributed by atoms with Crippen LogP contribution in [0.25, 0.3) is 11.3 Å². The number of carbonyl (C=O) groups excluding carboxylic acids is 1. The molecule has 0 radical (unpaired) electrons. The summed E-state index contributed by atoms with van der Waals surface area (Å²) in [5.74, 6) is -1.13. The zero-order chi connectivity index (χ0) is 16.1. The summed E-state index contributed by atoms with van der Waals surface area (Å²) in [7, 11) is 0. The summed E-state index contributed by atoms with van der Waals surface area (Å²) in [6.07, 6.45) is 0. The van der Waals surface area contributed by atoms with Crippen molar-refractivity contribution < 1.29 is 18.7 Å². The van der Waals surface area contributed by atoms with Crippen LogP contribution in [0.3, 0.4) is 0 Å². The average Bonchev–Trinajstić information content (AvgIpc) is 2.48. The lowest BCUT2D eigenvalue weighted by Gasteiger charge is -2.07. The molecule has 116 valence electrons. The molecule has 0 fully saturated rings. The third-order valence-corrected chi connectivity index (χ3v) is 3.01. The first-order valence-electron chi connectivity index (χ1n) is 6.28. The highest BCUT2D eigenvalue weighted by atomic mass is 35.5. The zero-order valence-electron chi connectivity index (χ0n) is 11.5. The number of rotatable bonds is 5. The number of hydrogen-bond acceptors (Lipinski definition) is 5. The highest BCUT2D eigenvalue weighted by molar-refractivity contribution is 6.31. The van der Waals surface area contributed by atoms with Crippen molar-refractivity contribution in [2.75, 3.05) is 13.2 Å². The third kappa shape index (κ3) is 4.29. The third-order valence-electron chi connectivity index (χ3n) is 2.51. The lowest BCUT2D eigenvalue weighted by molar-refractivity contribution is -0.145. The van der Waals surface area contributed by atoms with E-state index in [-0.39, 0.29) is 29.4 Å². The van der Waals surface area contributed by atoms with Crippen LogP contribution in [-0.4, -0.2) is 29.2 Å². The Morgan fingerprint density at radius 2 is 2.05 bits per heavy atom.